The van der Waals surface area contributed by atoms with Gasteiger partial charge in [0.15, 0.2) is 0 Å². The lowest BCUT2D eigenvalue weighted by Gasteiger charge is -2.21. The number of hydrogen-bond acceptors (Lipinski definition) is 3. The van der Waals surface area contributed by atoms with Gasteiger partial charge in [0.05, 0.1) is 22.0 Å². The van der Waals surface area contributed by atoms with Crippen LogP contribution in [0.5, 0.6) is 0 Å². The molecule has 1 saturated carbocycles. The Morgan fingerprint density at radius 1 is 1.31 bits per heavy atom. The van der Waals surface area contributed by atoms with Gasteiger partial charge < -0.3 is 5.11 Å². The molecule has 2 aliphatic carbocycles. The average molecular weight is 375 g/mol. The van der Waals surface area contributed by atoms with E-state index in [9.17, 15) is 9.90 Å². The van der Waals surface area contributed by atoms with Crippen molar-refractivity contribution >= 4 is 17.5 Å². The van der Waals surface area contributed by atoms with Crippen LogP contribution in [0.25, 0.3) is 0 Å². The minimum absolute atomic E-state index is 0.134. The molecule has 1 heterocycles. The molecular weight excluding hydrogens is 348 g/mol. The highest BCUT2D eigenvalue weighted by molar-refractivity contribution is 6.34. The number of fused-ring (bicyclic) bond motifs is 1. The first-order valence-electron chi connectivity index (χ1n) is 9.61. The summed E-state index contributed by atoms with van der Waals surface area (Å²) in [5, 5.41) is 14.5. The summed E-state index contributed by atoms with van der Waals surface area (Å²) in [6, 6.07) is 5.70. The number of halogens is 1. The highest BCUT2D eigenvalue weighted by Crippen LogP contribution is 2.43. The summed E-state index contributed by atoms with van der Waals surface area (Å²) in [7, 11) is 0. The van der Waals surface area contributed by atoms with Gasteiger partial charge in [0.1, 0.15) is 0 Å². The van der Waals surface area contributed by atoms with E-state index in [1.165, 1.54) is 0 Å². The van der Waals surface area contributed by atoms with Gasteiger partial charge in [0.2, 0.25) is 0 Å². The molecule has 2 aromatic rings. The van der Waals surface area contributed by atoms with Crippen molar-refractivity contribution in [1.29, 1.82) is 0 Å². The first kappa shape index (κ1) is 19.1. The van der Waals surface area contributed by atoms with Crippen LogP contribution in [0.15, 0.2) is 18.2 Å². The number of nitrogens with zero attached hydrogens (tertiary/aromatic N) is 2. The van der Waals surface area contributed by atoms with Crippen molar-refractivity contribution < 1.29 is 9.90 Å². The van der Waals surface area contributed by atoms with E-state index >= 15 is 0 Å². The number of aliphatic hydroxyl groups is 1. The van der Waals surface area contributed by atoms with Gasteiger partial charge in [-0.05, 0) is 68.1 Å². The van der Waals surface area contributed by atoms with Gasteiger partial charge >= 0.3 is 0 Å². The van der Waals surface area contributed by atoms with Gasteiger partial charge in [0, 0.05) is 6.61 Å². The molecule has 0 amide bonds. The van der Waals surface area contributed by atoms with E-state index in [1.54, 1.807) is 10.7 Å². The summed E-state index contributed by atoms with van der Waals surface area (Å²) in [4.78, 5) is 13.3. The SMILES string of the molecule is CC.Cc1nn(C(=O)c2c(Cl)cccc2C2CC2)c2c1CCC(CO)C2. The highest BCUT2D eigenvalue weighted by Gasteiger charge is 2.32. The molecule has 0 bridgehead atoms. The van der Waals surface area contributed by atoms with Crippen LogP contribution >= 0.6 is 11.6 Å². The van der Waals surface area contributed by atoms with Crippen LogP contribution in [-0.2, 0) is 12.8 Å². The predicted molar refractivity (Wildman–Crippen MR) is 104 cm³/mol. The fourth-order valence-electron chi connectivity index (χ4n) is 3.80. The zero-order chi connectivity index (χ0) is 18.8. The van der Waals surface area contributed by atoms with Crippen LogP contribution in [0.2, 0.25) is 5.02 Å². The van der Waals surface area contributed by atoms with E-state index in [2.05, 4.69) is 5.10 Å². The summed E-state index contributed by atoms with van der Waals surface area (Å²) >= 11 is 6.39. The molecule has 0 aliphatic heterocycles. The second-order valence-corrected chi connectivity index (χ2v) is 7.40. The molecule has 1 unspecified atom stereocenters. The number of carbonyl (C=O) groups excluding carboxylic acids is 1. The van der Waals surface area contributed by atoms with Crippen molar-refractivity contribution in [1.82, 2.24) is 9.78 Å². The van der Waals surface area contributed by atoms with E-state index in [4.69, 9.17) is 11.6 Å². The smallest absolute Gasteiger partial charge is 0.280 e. The van der Waals surface area contributed by atoms with Gasteiger partial charge in [0.25, 0.3) is 5.91 Å². The molecule has 26 heavy (non-hydrogen) atoms. The third-order valence-corrected chi connectivity index (χ3v) is 5.62. The van der Waals surface area contributed by atoms with Crippen molar-refractivity contribution in [2.24, 2.45) is 5.92 Å². The molecule has 1 aromatic carbocycles. The Kier molecular flexibility index (Phi) is 5.83. The second-order valence-electron chi connectivity index (χ2n) is 7.00. The van der Waals surface area contributed by atoms with Gasteiger partial charge in [-0.3, -0.25) is 4.79 Å². The van der Waals surface area contributed by atoms with Crippen molar-refractivity contribution in [3.8, 4) is 0 Å². The number of carbonyl (C=O) groups is 1. The number of aliphatic hydroxyl groups excluding tert-OH is 1. The van der Waals surface area contributed by atoms with Gasteiger partial charge in [-0.2, -0.15) is 5.10 Å². The first-order chi connectivity index (χ1) is 12.6. The lowest BCUT2D eigenvalue weighted by atomic mass is 9.87. The third kappa shape index (κ3) is 3.45. The molecule has 1 atom stereocenters. The molecule has 0 spiro atoms. The molecule has 1 N–H and O–H groups in total. The van der Waals surface area contributed by atoms with Crippen LogP contribution in [-0.4, -0.2) is 27.4 Å². The molecule has 4 rings (SSSR count). The zero-order valence-corrected chi connectivity index (χ0v) is 16.5. The van der Waals surface area contributed by atoms with Crippen LogP contribution in [0.1, 0.15) is 71.9 Å². The largest absolute Gasteiger partial charge is 0.396 e. The molecule has 4 nitrogen and oxygen atoms in total. The Bertz CT molecular complexity index is 809. The average Bonchev–Trinajstić information content (AvgIpc) is 3.46. The number of benzene rings is 1. The molecule has 1 fully saturated rings. The quantitative estimate of drug-likeness (QED) is 0.858. The number of aromatic nitrogens is 2. The van der Waals surface area contributed by atoms with Crippen molar-refractivity contribution in [3.05, 3.63) is 51.3 Å². The van der Waals surface area contributed by atoms with Crippen molar-refractivity contribution in [2.45, 2.75) is 58.8 Å². The molecule has 0 saturated heterocycles. The minimum Gasteiger partial charge on any atom is -0.396 e. The van der Waals surface area contributed by atoms with Crippen LogP contribution in [0.3, 0.4) is 0 Å². The lowest BCUT2D eigenvalue weighted by molar-refractivity contribution is 0.0937. The van der Waals surface area contributed by atoms with Crippen LogP contribution in [0.4, 0.5) is 0 Å². The standard InChI is InChI=1S/C19H21ClN2O2.C2H6/c1-11-14-8-5-12(10-23)9-17(14)22(21-11)19(24)18-15(13-6-7-13)3-2-4-16(18)20;1-2/h2-4,12-13,23H,5-10H2,1H3;1-2H3. The van der Waals surface area contributed by atoms with E-state index in [0.29, 0.717) is 22.9 Å². The highest BCUT2D eigenvalue weighted by atomic mass is 35.5. The Morgan fingerprint density at radius 3 is 2.69 bits per heavy atom. The van der Waals surface area contributed by atoms with Crippen molar-refractivity contribution in [2.75, 3.05) is 6.61 Å². The minimum atomic E-state index is -0.134. The Labute approximate surface area is 160 Å². The Balaban J connectivity index is 0.000000948. The fourth-order valence-corrected chi connectivity index (χ4v) is 4.06. The maximum absolute atomic E-state index is 13.3. The predicted octanol–water partition coefficient (Wildman–Crippen LogP) is 4.53. The molecular formula is C21H27ClN2O2. The van der Waals surface area contributed by atoms with E-state index in [0.717, 1.165) is 48.2 Å². The van der Waals surface area contributed by atoms with Gasteiger partial charge in [-0.15, -0.1) is 0 Å². The summed E-state index contributed by atoms with van der Waals surface area (Å²) < 4.78 is 1.54. The molecule has 5 heteroatoms. The normalized spacial score (nSPS) is 18.7. The van der Waals surface area contributed by atoms with Gasteiger partial charge in [-0.25, -0.2) is 4.68 Å². The lowest BCUT2D eigenvalue weighted by Crippen LogP contribution is -2.24. The van der Waals surface area contributed by atoms with E-state index < -0.39 is 0 Å². The Hall–Kier alpha value is -1.65. The van der Waals surface area contributed by atoms with Crippen molar-refractivity contribution in [3.63, 3.8) is 0 Å². The van der Waals surface area contributed by atoms with Crippen LogP contribution in [0, 0.1) is 12.8 Å². The Morgan fingerprint density at radius 2 is 2.04 bits per heavy atom. The number of aryl methyl sites for hydroxylation is 1. The summed E-state index contributed by atoms with van der Waals surface area (Å²) in [6.07, 6.45) is 4.75. The number of rotatable bonds is 3. The number of hydrogen-bond donors (Lipinski definition) is 1. The fraction of sp³-hybridized carbons (Fsp3) is 0.524. The molecule has 2 aliphatic rings. The monoisotopic (exact) mass is 374 g/mol. The summed E-state index contributed by atoms with van der Waals surface area (Å²) in [5.74, 6) is 0.514. The van der Waals surface area contributed by atoms with E-state index in [-0.39, 0.29) is 18.4 Å². The maximum Gasteiger partial charge on any atom is 0.280 e. The second kappa shape index (κ2) is 7.93. The molecule has 0 radical (unpaired) electrons. The molecule has 1 aromatic heterocycles. The first-order valence-corrected chi connectivity index (χ1v) is 9.99. The van der Waals surface area contributed by atoms with E-state index in [1.807, 2.05) is 32.9 Å². The zero-order valence-electron chi connectivity index (χ0n) is 15.8. The molecule has 140 valence electrons. The summed E-state index contributed by atoms with van der Waals surface area (Å²) in [6.45, 7) is 6.10. The topological polar surface area (TPSA) is 55.1 Å². The van der Waals surface area contributed by atoms with Crippen LogP contribution < -0.4 is 0 Å². The maximum atomic E-state index is 13.3. The summed E-state index contributed by atoms with van der Waals surface area (Å²) in [5.41, 5.74) is 4.66. The third-order valence-electron chi connectivity index (χ3n) is 5.30. The van der Waals surface area contributed by atoms with Gasteiger partial charge in [-0.1, -0.05) is 37.6 Å².